The van der Waals surface area contributed by atoms with Gasteiger partial charge in [-0.2, -0.15) is 0 Å². The number of aryl methyl sites for hydroxylation is 2. The van der Waals surface area contributed by atoms with Crippen LogP contribution in [0.2, 0.25) is 0 Å². The van der Waals surface area contributed by atoms with Crippen molar-refractivity contribution in [3.63, 3.8) is 0 Å². The van der Waals surface area contributed by atoms with Crippen LogP contribution in [-0.4, -0.2) is 7.05 Å². The Bertz CT molecular complexity index is 1170. The first kappa shape index (κ1) is 20.2. The normalized spacial score (nSPS) is 11.3. The second kappa shape index (κ2) is 8.34. The summed E-state index contributed by atoms with van der Waals surface area (Å²) in [6.45, 7) is 4.22. The van der Waals surface area contributed by atoms with Crippen molar-refractivity contribution >= 4 is 28.7 Å². The van der Waals surface area contributed by atoms with Gasteiger partial charge in [0.2, 0.25) is 0 Å². The number of rotatable bonds is 5. The summed E-state index contributed by atoms with van der Waals surface area (Å²) in [5.41, 5.74) is 5.48. The molecule has 0 spiro atoms. The molecule has 150 valence electrons. The molecule has 3 heteroatoms. The van der Waals surface area contributed by atoms with E-state index in [4.69, 9.17) is 0 Å². The summed E-state index contributed by atoms with van der Waals surface area (Å²) in [7, 11) is -1.15. The van der Waals surface area contributed by atoms with Gasteiger partial charge in [-0.15, -0.1) is 0 Å². The first-order valence-electron chi connectivity index (χ1n) is 10.2. The quantitative estimate of drug-likeness (QED) is 0.430. The van der Waals surface area contributed by atoms with Gasteiger partial charge >= 0.3 is 0 Å². The molecule has 0 saturated carbocycles. The molecule has 2 nitrogen and oxygen atoms in total. The molecule has 0 heterocycles. The van der Waals surface area contributed by atoms with Gasteiger partial charge < -0.3 is 9.88 Å². The van der Waals surface area contributed by atoms with Crippen LogP contribution >= 0.6 is 7.14 Å². The van der Waals surface area contributed by atoms with Crippen LogP contribution in [0.3, 0.4) is 0 Å². The van der Waals surface area contributed by atoms with E-state index in [9.17, 15) is 0 Å². The van der Waals surface area contributed by atoms with Crippen LogP contribution in [0.1, 0.15) is 11.1 Å². The minimum Gasteiger partial charge on any atom is -0.388 e. The van der Waals surface area contributed by atoms with Gasteiger partial charge in [-0.05, 0) is 36.6 Å². The largest absolute Gasteiger partial charge is 0.388 e. The highest BCUT2D eigenvalue weighted by Gasteiger charge is 2.33. The number of hydrogen-bond acceptors (Lipinski definition) is 2. The van der Waals surface area contributed by atoms with Crippen molar-refractivity contribution in [1.29, 1.82) is 0 Å². The summed E-state index contributed by atoms with van der Waals surface area (Å²) >= 11 is 0. The third kappa shape index (κ3) is 3.38. The third-order valence-electron chi connectivity index (χ3n) is 5.62. The molecule has 1 N–H and O–H groups in total. The molecule has 30 heavy (non-hydrogen) atoms. The van der Waals surface area contributed by atoms with Gasteiger partial charge in [0.15, 0.2) is 7.14 Å². The van der Waals surface area contributed by atoms with Crippen LogP contribution in [0.4, 0.5) is 5.69 Å². The molecule has 0 aliphatic rings. The van der Waals surface area contributed by atoms with E-state index in [0.717, 1.165) is 43.9 Å². The Hall–Kier alpha value is -3.09. The standard InChI is InChI=1S/C27H26NOP/c1-20-12-10-18-24(28-3)26(20)27-21(2)13-11-19-25(27)30(29,22-14-6-4-7-15-22)23-16-8-5-9-17-23/h4-19,28H,1-3H3. The van der Waals surface area contributed by atoms with Crippen LogP contribution in [0.5, 0.6) is 0 Å². The van der Waals surface area contributed by atoms with Crippen LogP contribution in [0.25, 0.3) is 11.1 Å². The third-order valence-corrected chi connectivity index (χ3v) is 8.72. The fourth-order valence-electron chi connectivity index (χ4n) is 4.15. The van der Waals surface area contributed by atoms with E-state index in [2.05, 4.69) is 43.4 Å². The highest BCUT2D eigenvalue weighted by molar-refractivity contribution is 7.85. The summed E-state index contributed by atoms with van der Waals surface area (Å²) in [4.78, 5) is 0. The summed E-state index contributed by atoms with van der Waals surface area (Å²) in [6.07, 6.45) is 0. The Kier molecular flexibility index (Phi) is 5.61. The maximum atomic E-state index is 15.1. The van der Waals surface area contributed by atoms with E-state index in [0.29, 0.717) is 0 Å². The molecule has 4 aromatic carbocycles. The molecule has 0 amide bonds. The minimum absolute atomic E-state index is 0.850. The molecule has 4 rings (SSSR count). The lowest BCUT2D eigenvalue weighted by Gasteiger charge is -2.25. The SMILES string of the molecule is CNc1cccc(C)c1-c1c(C)cccc1P(=O)(c1ccccc1)c1ccccc1. The van der Waals surface area contributed by atoms with Gasteiger partial charge in [-0.1, -0.05) is 91.0 Å². The van der Waals surface area contributed by atoms with Crippen LogP contribution in [0.15, 0.2) is 97.1 Å². The van der Waals surface area contributed by atoms with E-state index < -0.39 is 7.14 Å². The first-order chi connectivity index (χ1) is 14.6. The van der Waals surface area contributed by atoms with Crippen molar-refractivity contribution in [2.24, 2.45) is 0 Å². The summed E-state index contributed by atoms with van der Waals surface area (Å²) < 4.78 is 15.1. The maximum Gasteiger partial charge on any atom is 0.171 e. The van der Waals surface area contributed by atoms with Crippen molar-refractivity contribution in [2.45, 2.75) is 13.8 Å². The fourth-order valence-corrected chi connectivity index (χ4v) is 7.09. The van der Waals surface area contributed by atoms with E-state index in [-0.39, 0.29) is 0 Å². The molecule has 0 radical (unpaired) electrons. The molecule has 0 aliphatic carbocycles. The molecule has 0 fully saturated rings. The maximum absolute atomic E-state index is 15.1. The molecule has 0 saturated heterocycles. The zero-order valence-corrected chi connectivity index (χ0v) is 18.5. The monoisotopic (exact) mass is 411 g/mol. The zero-order chi connectivity index (χ0) is 21.1. The summed E-state index contributed by atoms with van der Waals surface area (Å²) in [6, 6.07) is 32.1. The van der Waals surface area contributed by atoms with Gasteiger partial charge in [0.1, 0.15) is 0 Å². The molecule has 4 aromatic rings. The Balaban J connectivity index is 2.12. The number of benzene rings is 4. The summed E-state index contributed by atoms with van der Waals surface area (Å²) in [5, 5.41) is 5.91. The molecular formula is C27H26NOP. The highest BCUT2D eigenvalue weighted by Crippen LogP contribution is 2.47. The van der Waals surface area contributed by atoms with Gasteiger partial charge in [0, 0.05) is 34.2 Å². The predicted octanol–water partition coefficient (Wildman–Crippen LogP) is 5.65. The fraction of sp³-hybridized carbons (Fsp3) is 0.111. The second-order valence-electron chi connectivity index (χ2n) is 7.50. The van der Waals surface area contributed by atoms with E-state index in [1.54, 1.807) is 0 Å². The minimum atomic E-state index is -3.08. The van der Waals surface area contributed by atoms with Crippen LogP contribution in [0, 0.1) is 13.8 Å². The van der Waals surface area contributed by atoms with E-state index >= 15 is 4.57 Å². The van der Waals surface area contributed by atoms with Crippen LogP contribution < -0.4 is 21.2 Å². The number of anilines is 1. The average molecular weight is 411 g/mol. The Morgan fingerprint density at radius 2 is 1.10 bits per heavy atom. The Morgan fingerprint density at radius 3 is 1.63 bits per heavy atom. The number of hydrogen-bond donors (Lipinski definition) is 1. The lowest BCUT2D eigenvalue weighted by molar-refractivity contribution is 0.592. The van der Waals surface area contributed by atoms with Crippen molar-refractivity contribution in [3.8, 4) is 11.1 Å². The molecular weight excluding hydrogens is 385 g/mol. The second-order valence-corrected chi connectivity index (χ2v) is 10.2. The van der Waals surface area contributed by atoms with Crippen molar-refractivity contribution < 1.29 is 4.57 Å². The topological polar surface area (TPSA) is 29.1 Å². The van der Waals surface area contributed by atoms with Crippen molar-refractivity contribution in [3.05, 3.63) is 108 Å². The van der Waals surface area contributed by atoms with Gasteiger partial charge in [-0.25, -0.2) is 0 Å². The lowest BCUT2D eigenvalue weighted by Crippen LogP contribution is -2.27. The van der Waals surface area contributed by atoms with Gasteiger partial charge in [0.25, 0.3) is 0 Å². The van der Waals surface area contributed by atoms with Gasteiger partial charge in [-0.3, -0.25) is 0 Å². The predicted molar refractivity (Wildman–Crippen MR) is 130 cm³/mol. The van der Waals surface area contributed by atoms with Gasteiger partial charge in [0.05, 0.1) is 0 Å². The average Bonchev–Trinajstić information content (AvgIpc) is 2.80. The molecule has 0 aromatic heterocycles. The van der Waals surface area contributed by atoms with Crippen molar-refractivity contribution in [1.82, 2.24) is 0 Å². The Morgan fingerprint density at radius 1 is 0.600 bits per heavy atom. The molecule has 0 unspecified atom stereocenters. The van der Waals surface area contributed by atoms with Crippen LogP contribution in [-0.2, 0) is 4.57 Å². The zero-order valence-electron chi connectivity index (χ0n) is 17.6. The summed E-state index contributed by atoms with van der Waals surface area (Å²) in [5.74, 6) is 0. The molecule has 0 atom stereocenters. The Labute approximate surface area is 179 Å². The molecule has 0 bridgehead atoms. The van der Waals surface area contributed by atoms with E-state index in [1.165, 1.54) is 0 Å². The smallest absolute Gasteiger partial charge is 0.171 e. The lowest BCUT2D eigenvalue weighted by atomic mass is 9.95. The highest BCUT2D eigenvalue weighted by atomic mass is 31.2. The van der Waals surface area contributed by atoms with Crippen molar-refractivity contribution in [2.75, 3.05) is 12.4 Å². The number of nitrogens with one attached hydrogen (secondary N) is 1. The first-order valence-corrected chi connectivity index (χ1v) is 11.9. The molecule has 0 aliphatic heterocycles. The van der Waals surface area contributed by atoms with E-state index in [1.807, 2.05) is 79.8 Å².